The third-order valence-corrected chi connectivity index (χ3v) is 5.10. The zero-order valence-corrected chi connectivity index (χ0v) is 13.3. The summed E-state index contributed by atoms with van der Waals surface area (Å²) in [6, 6.07) is 6.31. The van der Waals surface area contributed by atoms with Crippen molar-refractivity contribution in [1.29, 1.82) is 0 Å². The first kappa shape index (κ1) is 16.0. The van der Waals surface area contributed by atoms with E-state index >= 15 is 0 Å². The van der Waals surface area contributed by atoms with Crippen molar-refractivity contribution < 1.29 is 14.0 Å². The zero-order valence-electron chi connectivity index (χ0n) is 13.3. The van der Waals surface area contributed by atoms with E-state index in [1.54, 1.807) is 6.07 Å². The van der Waals surface area contributed by atoms with Crippen molar-refractivity contribution in [3.63, 3.8) is 0 Å². The number of rotatable bonds is 5. The molecule has 124 valence electrons. The van der Waals surface area contributed by atoms with Crippen molar-refractivity contribution in [3.8, 4) is 0 Å². The summed E-state index contributed by atoms with van der Waals surface area (Å²) in [5.74, 6) is -0.287. The number of likely N-dealkylation sites (tertiary alicyclic amines) is 1. The number of hydrogen-bond donors (Lipinski definition) is 1. The summed E-state index contributed by atoms with van der Waals surface area (Å²) in [5, 5.41) is 2.89. The summed E-state index contributed by atoms with van der Waals surface area (Å²) in [5.41, 5.74) is 0.130. The van der Waals surface area contributed by atoms with Crippen LogP contribution in [0, 0.1) is 5.82 Å². The van der Waals surface area contributed by atoms with Crippen LogP contribution in [-0.4, -0.2) is 36.3 Å². The van der Waals surface area contributed by atoms with Gasteiger partial charge >= 0.3 is 0 Å². The predicted octanol–water partition coefficient (Wildman–Crippen LogP) is 2.38. The molecule has 1 N–H and O–H groups in total. The molecule has 1 aliphatic heterocycles. The van der Waals surface area contributed by atoms with Gasteiger partial charge in [-0.15, -0.1) is 0 Å². The SMILES string of the molecule is O=C(CCNC(=O)C1(c2cccc(F)c2)CCC1)N1CCCC1. The minimum absolute atomic E-state index is 0.0800. The average Bonchev–Trinajstić information content (AvgIpc) is 3.00. The Morgan fingerprint density at radius 3 is 2.52 bits per heavy atom. The van der Waals surface area contributed by atoms with Gasteiger partial charge in [0.05, 0.1) is 5.41 Å². The third kappa shape index (κ3) is 3.23. The first-order valence-electron chi connectivity index (χ1n) is 8.44. The molecule has 2 amide bonds. The average molecular weight is 318 g/mol. The summed E-state index contributed by atoms with van der Waals surface area (Å²) in [7, 11) is 0. The lowest BCUT2D eigenvalue weighted by molar-refractivity contribution is -0.131. The molecule has 1 heterocycles. The fourth-order valence-electron chi connectivity index (χ4n) is 3.54. The fourth-order valence-corrected chi connectivity index (χ4v) is 3.54. The van der Waals surface area contributed by atoms with Gasteiger partial charge in [0.15, 0.2) is 0 Å². The number of hydrogen-bond acceptors (Lipinski definition) is 2. The Labute approximate surface area is 136 Å². The monoisotopic (exact) mass is 318 g/mol. The Morgan fingerprint density at radius 2 is 1.91 bits per heavy atom. The first-order valence-corrected chi connectivity index (χ1v) is 8.44. The third-order valence-electron chi connectivity index (χ3n) is 5.10. The van der Waals surface area contributed by atoms with Crippen molar-refractivity contribution in [1.82, 2.24) is 10.2 Å². The Morgan fingerprint density at radius 1 is 1.17 bits per heavy atom. The molecule has 5 heteroatoms. The van der Waals surface area contributed by atoms with Gasteiger partial charge in [-0.2, -0.15) is 0 Å². The van der Waals surface area contributed by atoms with Gasteiger partial charge in [-0.3, -0.25) is 9.59 Å². The van der Waals surface area contributed by atoms with Gasteiger partial charge in [0, 0.05) is 26.1 Å². The van der Waals surface area contributed by atoms with Crippen molar-refractivity contribution in [2.24, 2.45) is 0 Å². The molecule has 1 aromatic rings. The van der Waals surface area contributed by atoms with Crippen LogP contribution in [0.4, 0.5) is 4.39 Å². The molecule has 1 saturated heterocycles. The normalized spacial score (nSPS) is 19.3. The topological polar surface area (TPSA) is 49.4 Å². The molecule has 2 fully saturated rings. The minimum Gasteiger partial charge on any atom is -0.355 e. The smallest absolute Gasteiger partial charge is 0.230 e. The van der Waals surface area contributed by atoms with E-state index in [-0.39, 0.29) is 17.6 Å². The summed E-state index contributed by atoms with van der Waals surface area (Å²) >= 11 is 0. The molecular weight excluding hydrogens is 295 g/mol. The second-order valence-corrected chi connectivity index (χ2v) is 6.54. The zero-order chi connectivity index (χ0) is 16.3. The number of nitrogens with one attached hydrogen (secondary N) is 1. The van der Waals surface area contributed by atoms with E-state index in [9.17, 15) is 14.0 Å². The van der Waals surface area contributed by atoms with Crippen LogP contribution in [0.2, 0.25) is 0 Å². The van der Waals surface area contributed by atoms with E-state index in [1.807, 2.05) is 11.0 Å². The van der Waals surface area contributed by atoms with Gasteiger partial charge in [-0.25, -0.2) is 4.39 Å². The number of halogens is 1. The molecule has 1 aliphatic carbocycles. The first-order chi connectivity index (χ1) is 11.1. The Balaban J connectivity index is 1.57. The second kappa shape index (κ2) is 6.69. The molecule has 3 rings (SSSR count). The van der Waals surface area contributed by atoms with E-state index in [4.69, 9.17) is 0 Å². The van der Waals surface area contributed by atoms with Gasteiger partial charge in [0.2, 0.25) is 11.8 Å². The lowest BCUT2D eigenvalue weighted by atomic mass is 9.64. The quantitative estimate of drug-likeness (QED) is 0.906. The van der Waals surface area contributed by atoms with Crippen LogP contribution in [-0.2, 0) is 15.0 Å². The van der Waals surface area contributed by atoms with Crippen molar-refractivity contribution in [2.75, 3.05) is 19.6 Å². The molecule has 23 heavy (non-hydrogen) atoms. The lowest BCUT2D eigenvalue weighted by Gasteiger charge is -2.40. The van der Waals surface area contributed by atoms with Crippen LogP contribution in [0.1, 0.15) is 44.1 Å². The second-order valence-electron chi connectivity index (χ2n) is 6.54. The molecule has 0 bridgehead atoms. The summed E-state index contributed by atoms with van der Waals surface area (Å²) in [6.45, 7) is 2.02. The van der Waals surface area contributed by atoms with E-state index < -0.39 is 5.41 Å². The summed E-state index contributed by atoms with van der Waals surface area (Å²) in [4.78, 5) is 26.5. The van der Waals surface area contributed by atoms with Crippen molar-refractivity contribution in [3.05, 3.63) is 35.6 Å². The molecule has 2 aliphatic rings. The van der Waals surface area contributed by atoms with Crippen molar-refractivity contribution >= 4 is 11.8 Å². The fraction of sp³-hybridized carbons (Fsp3) is 0.556. The number of carbonyl (C=O) groups excluding carboxylic acids is 2. The Bertz CT molecular complexity index is 592. The molecule has 0 radical (unpaired) electrons. The van der Waals surface area contributed by atoms with E-state index in [0.717, 1.165) is 50.8 Å². The molecule has 1 aromatic carbocycles. The molecule has 0 aromatic heterocycles. The van der Waals surface area contributed by atoms with E-state index in [1.165, 1.54) is 12.1 Å². The molecule has 4 nitrogen and oxygen atoms in total. The van der Waals surface area contributed by atoms with Gasteiger partial charge in [-0.1, -0.05) is 18.6 Å². The minimum atomic E-state index is -0.612. The molecule has 0 unspecified atom stereocenters. The molecular formula is C18H23FN2O2. The predicted molar refractivity (Wildman–Crippen MR) is 85.4 cm³/mol. The highest BCUT2D eigenvalue weighted by Crippen LogP contribution is 2.44. The van der Waals surface area contributed by atoms with Crippen molar-refractivity contribution in [2.45, 2.75) is 43.9 Å². The van der Waals surface area contributed by atoms with Crippen LogP contribution < -0.4 is 5.32 Å². The molecule has 0 spiro atoms. The maximum atomic E-state index is 13.5. The Hall–Kier alpha value is -1.91. The summed E-state index contributed by atoms with van der Waals surface area (Å²) < 4.78 is 13.5. The molecule has 1 saturated carbocycles. The Kier molecular flexibility index (Phi) is 4.64. The van der Waals surface area contributed by atoms with Crippen LogP contribution in [0.15, 0.2) is 24.3 Å². The maximum absolute atomic E-state index is 13.5. The highest BCUT2D eigenvalue weighted by molar-refractivity contribution is 5.89. The summed E-state index contributed by atoms with van der Waals surface area (Å²) in [6.07, 6.45) is 4.92. The van der Waals surface area contributed by atoms with Crippen LogP contribution in [0.25, 0.3) is 0 Å². The lowest BCUT2D eigenvalue weighted by Crippen LogP contribution is -2.49. The number of amides is 2. The van der Waals surface area contributed by atoms with Gasteiger partial charge in [0.25, 0.3) is 0 Å². The van der Waals surface area contributed by atoms with Crippen LogP contribution in [0.3, 0.4) is 0 Å². The standard InChI is InChI=1S/C18H23FN2O2/c19-15-6-3-5-14(13-15)18(8-4-9-18)17(23)20-10-7-16(22)21-11-1-2-12-21/h3,5-6,13H,1-2,4,7-12H2,(H,20,23). The van der Waals surface area contributed by atoms with E-state index in [2.05, 4.69) is 5.32 Å². The van der Waals surface area contributed by atoms with Crippen LogP contribution >= 0.6 is 0 Å². The highest BCUT2D eigenvalue weighted by atomic mass is 19.1. The maximum Gasteiger partial charge on any atom is 0.230 e. The van der Waals surface area contributed by atoms with Crippen LogP contribution in [0.5, 0.6) is 0 Å². The number of nitrogens with zero attached hydrogens (tertiary/aromatic N) is 1. The van der Waals surface area contributed by atoms with E-state index in [0.29, 0.717) is 13.0 Å². The molecule has 0 atom stereocenters. The van der Waals surface area contributed by atoms with Gasteiger partial charge in [-0.05, 0) is 43.4 Å². The van der Waals surface area contributed by atoms with Gasteiger partial charge in [0.1, 0.15) is 5.82 Å². The highest BCUT2D eigenvalue weighted by Gasteiger charge is 2.45. The number of benzene rings is 1. The number of carbonyl (C=O) groups is 2. The van der Waals surface area contributed by atoms with Gasteiger partial charge < -0.3 is 10.2 Å². The largest absolute Gasteiger partial charge is 0.355 e.